The van der Waals surface area contributed by atoms with Crippen LogP contribution in [0.25, 0.3) is 0 Å². The molecule has 1 atom stereocenters. The second-order valence-electron chi connectivity index (χ2n) is 3.83. The molecule has 1 aliphatic rings. The van der Waals surface area contributed by atoms with Crippen LogP contribution in [0.15, 0.2) is 16.9 Å². The van der Waals surface area contributed by atoms with Crippen LogP contribution in [0, 0.1) is 5.92 Å². The van der Waals surface area contributed by atoms with Crippen molar-refractivity contribution in [3.8, 4) is 0 Å². The maximum absolute atomic E-state index is 11.5. The van der Waals surface area contributed by atoms with Crippen molar-refractivity contribution >= 4 is 5.91 Å². The summed E-state index contributed by atoms with van der Waals surface area (Å²) in [5.74, 6) is 0.578. The molecule has 1 aromatic heterocycles. The Bertz CT molecular complexity index is 304. The second-order valence-corrected chi connectivity index (χ2v) is 3.83. The predicted octanol–water partition coefficient (Wildman–Crippen LogP) is 0.290. The number of aromatic nitrogens is 1. The van der Waals surface area contributed by atoms with Gasteiger partial charge in [0.25, 0.3) is 0 Å². The molecule has 0 aromatic carbocycles. The fraction of sp³-hybridized carbons (Fsp3) is 0.600. The molecule has 1 unspecified atom stereocenters. The lowest BCUT2D eigenvalue weighted by Crippen LogP contribution is -2.25. The van der Waals surface area contributed by atoms with E-state index in [1.165, 1.54) is 6.26 Å². The van der Waals surface area contributed by atoms with Crippen molar-refractivity contribution in [3.05, 3.63) is 18.0 Å². The fourth-order valence-corrected chi connectivity index (χ4v) is 1.74. The van der Waals surface area contributed by atoms with E-state index in [0.717, 1.165) is 25.2 Å². The highest BCUT2D eigenvalue weighted by Crippen LogP contribution is 2.11. The van der Waals surface area contributed by atoms with Gasteiger partial charge >= 0.3 is 0 Å². The molecule has 1 aliphatic heterocycles. The van der Waals surface area contributed by atoms with E-state index in [1.807, 2.05) is 0 Å². The summed E-state index contributed by atoms with van der Waals surface area (Å²) in [7, 11) is 0. The molecule has 15 heavy (non-hydrogen) atoms. The Kier molecular flexibility index (Phi) is 3.34. The number of carbonyl (C=O) groups excluding carboxylic acids is 1. The molecule has 2 N–H and O–H groups in total. The van der Waals surface area contributed by atoms with E-state index >= 15 is 0 Å². The second kappa shape index (κ2) is 4.93. The van der Waals surface area contributed by atoms with Crippen molar-refractivity contribution in [1.29, 1.82) is 0 Å². The van der Waals surface area contributed by atoms with Crippen molar-refractivity contribution in [1.82, 2.24) is 15.8 Å². The Morgan fingerprint density at radius 2 is 2.67 bits per heavy atom. The van der Waals surface area contributed by atoms with E-state index in [0.29, 0.717) is 18.9 Å². The Morgan fingerprint density at radius 1 is 1.73 bits per heavy atom. The van der Waals surface area contributed by atoms with Gasteiger partial charge < -0.3 is 15.2 Å². The van der Waals surface area contributed by atoms with Gasteiger partial charge in [-0.2, -0.15) is 0 Å². The fourth-order valence-electron chi connectivity index (χ4n) is 1.74. The Labute approximate surface area is 88.2 Å². The highest BCUT2D eigenvalue weighted by molar-refractivity contribution is 5.76. The standard InChI is InChI=1S/C10H15N3O2/c14-10(5-8-1-3-11-6-8)12-7-9-2-4-15-13-9/h2,4,8,11H,1,3,5-7H2,(H,12,14). The summed E-state index contributed by atoms with van der Waals surface area (Å²) < 4.78 is 4.67. The summed E-state index contributed by atoms with van der Waals surface area (Å²) in [6.07, 6.45) is 3.20. The molecule has 2 rings (SSSR count). The molecule has 0 aliphatic carbocycles. The van der Waals surface area contributed by atoms with Crippen molar-refractivity contribution in [3.63, 3.8) is 0 Å². The number of amides is 1. The zero-order valence-electron chi connectivity index (χ0n) is 8.53. The third-order valence-corrected chi connectivity index (χ3v) is 2.59. The lowest BCUT2D eigenvalue weighted by Gasteiger charge is -2.07. The number of nitrogens with one attached hydrogen (secondary N) is 2. The highest BCUT2D eigenvalue weighted by atomic mass is 16.5. The number of nitrogens with zero attached hydrogens (tertiary/aromatic N) is 1. The maximum Gasteiger partial charge on any atom is 0.220 e. The minimum atomic E-state index is 0.0895. The summed E-state index contributed by atoms with van der Waals surface area (Å²) in [6.45, 7) is 2.44. The Hall–Kier alpha value is -1.36. The molecule has 0 bridgehead atoms. The molecule has 5 heteroatoms. The van der Waals surface area contributed by atoms with Gasteiger partial charge in [0.2, 0.25) is 5.91 Å². The van der Waals surface area contributed by atoms with E-state index in [4.69, 9.17) is 0 Å². The van der Waals surface area contributed by atoms with Crippen LogP contribution in [0.5, 0.6) is 0 Å². The first-order valence-electron chi connectivity index (χ1n) is 5.21. The molecular formula is C10H15N3O2. The van der Waals surface area contributed by atoms with Gasteiger partial charge in [-0.25, -0.2) is 0 Å². The molecule has 82 valence electrons. The monoisotopic (exact) mass is 209 g/mol. The third kappa shape index (κ3) is 3.06. The number of hydrogen-bond donors (Lipinski definition) is 2. The average molecular weight is 209 g/mol. The van der Waals surface area contributed by atoms with Crippen LogP contribution in [0.2, 0.25) is 0 Å². The van der Waals surface area contributed by atoms with Gasteiger partial charge in [0.15, 0.2) is 0 Å². The van der Waals surface area contributed by atoms with Gasteiger partial charge in [-0.3, -0.25) is 4.79 Å². The van der Waals surface area contributed by atoms with E-state index in [9.17, 15) is 4.79 Å². The predicted molar refractivity (Wildman–Crippen MR) is 53.9 cm³/mol. The van der Waals surface area contributed by atoms with Gasteiger partial charge in [0.05, 0.1) is 6.54 Å². The van der Waals surface area contributed by atoms with E-state index < -0.39 is 0 Å². The minimum Gasteiger partial charge on any atom is -0.364 e. The van der Waals surface area contributed by atoms with Crippen molar-refractivity contribution in [2.24, 2.45) is 5.92 Å². The topological polar surface area (TPSA) is 67.2 Å². The van der Waals surface area contributed by atoms with Crippen LogP contribution in [0.4, 0.5) is 0 Å². The third-order valence-electron chi connectivity index (χ3n) is 2.59. The van der Waals surface area contributed by atoms with Crippen LogP contribution >= 0.6 is 0 Å². The first kappa shape index (κ1) is 10.2. The summed E-state index contributed by atoms with van der Waals surface area (Å²) in [5.41, 5.74) is 0.757. The van der Waals surface area contributed by atoms with E-state index in [2.05, 4.69) is 20.3 Å². The molecule has 1 saturated heterocycles. The van der Waals surface area contributed by atoms with Crippen LogP contribution < -0.4 is 10.6 Å². The van der Waals surface area contributed by atoms with E-state index in [-0.39, 0.29) is 5.91 Å². The number of rotatable bonds is 4. The molecule has 1 aromatic rings. The molecule has 0 saturated carbocycles. The first-order chi connectivity index (χ1) is 7.34. The highest BCUT2D eigenvalue weighted by Gasteiger charge is 2.17. The van der Waals surface area contributed by atoms with Gasteiger partial charge in [-0.15, -0.1) is 0 Å². The average Bonchev–Trinajstić information content (AvgIpc) is 2.86. The zero-order chi connectivity index (χ0) is 10.5. The van der Waals surface area contributed by atoms with Crippen molar-refractivity contribution in [2.45, 2.75) is 19.4 Å². The van der Waals surface area contributed by atoms with Gasteiger partial charge in [-0.1, -0.05) is 5.16 Å². The SMILES string of the molecule is O=C(CC1CCNC1)NCc1ccon1. The molecule has 2 heterocycles. The van der Waals surface area contributed by atoms with E-state index in [1.54, 1.807) is 6.07 Å². The van der Waals surface area contributed by atoms with Crippen molar-refractivity contribution in [2.75, 3.05) is 13.1 Å². The molecule has 1 fully saturated rings. The van der Waals surface area contributed by atoms with Crippen LogP contribution in [0.1, 0.15) is 18.5 Å². The lowest BCUT2D eigenvalue weighted by atomic mass is 10.0. The maximum atomic E-state index is 11.5. The quantitative estimate of drug-likeness (QED) is 0.748. The summed E-state index contributed by atoms with van der Waals surface area (Å²) in [5, 5.41) is 9.78. The smallest absolute Gasteiger partial charge is 0.220 e. The number of carbonyl (C=O) groups is 1. The molecule has 1 amide bonds. The summed E-state index contributed by atoms with van der Waals surface area (Å²) in [6, 6.07) is 1.75. The number of hydrogen-bond acceptors (Lipinski definition) is 4. The molecule has 0 radical (unpaired) electrons. The molecule has 5 nitrogen and oxygen atoms in total. The molecular weight excluding hydrogens is 194 g/mol. The minimum absolute atomic E-state index is 0.0895. The van der Waals surface area contributed by atoms with Crippen LogP contribution in [0.3, 0.4) is 0 Å². The van der Waals surface area contributed by atoms with Crippen LogP contribution in [-0.4, -0.2) is 24.2 Å². The summed E-state index contributed by atoms with van der Waals surface area (Å²) in [4.78, 5) is 11.5. The van der Waals surface area contributed by atoms with Gasteiger partial charge in [0, 0.05) is 12.5 Å². The van der Waals surface area contributed by atoms with Crippen molar-refractivity contribution < 1.29 is 9.32 Å². The largest absolute Gasteiger partial charge is 0.364 e. The zero-order valence-corrected chi connectivity index (χ0v) is 8.53. The lowest BCUT2D eigenvalue weighted by molar-refractivity contribution is -0.122. The summed E-state index contributed by atoms with van der Waals surface area (Å²) >= 11 is 0. The van der Waals surface area contributed by atoms with Gasteiger partial charge in [0.1, 0.15) is 12.0 Å². The Balaban J connectivity index is 1.68. The van der Waals surface area contributed by atoms with Crippen LogP contribution in [-0.2, 0) is 11.3 Å². The van der Waals surface area contributed by atoms with Gasteiger partial charge in [-0.05, 0) is 25.4 Å². The molecule has 0 spiro atoms. The normalized spacial score (nSPS) is 20.4. The Morgan fingerprint density at radius 3 is 3.33 bits per heavy atom. The first-order valence-corrected chi connectivity index (χ1v) is 5.21.